The Hall–Kier alpha value is -2.04. The number of hydrogen-bond donors (Lipinski definition) is 2. The van der Waals surface area contributed by atoms with Crippen LogP contribution in [0, 0.1) is 12.8 Å². The molecule has 1 fully saturated rings. The third-order valence-corrected chi connectivity index (χ3v) is 4.14. The molecular weight excluding hydrogens is 280 g/mol. The Bertz CT molecular complexity index is 549. The molecule has 1 saturated carbocycles. The molecule has 0 spiro atoms. The second-order valence-corrected chi connectivity index (χ2v) is 6.18. The molecular formula is C17H24N2O3. The fourth-order valence-corrected chi connectivity index (χ4v) is 2.77. The highest BCUT2D eigenvalue weighted by Gasteiger charge is 2.20. The fourth-order valence-electron chi connectivity index (χ4n) is 2.77. The lowest BCUT2D eigenvalue weighted by atomic mass is 9.87. The van der Waals surface area contributed by atoms with Gasteiger partial charge in [0.25, 0.3) is 11.8 Å². The van der Waals surface area contributed by atoms with Gasteiger partial charge in [0.1, 0.15) is 5.75 Å². The Morgan fingerprint density at radius 3 is 2.59 bits per heavy atom. The molecule has 3 N–H and O–H groups in total. The Kier molecular flexibility index (Phi) is 5.41. The first-order valence-corrected chi connectivity index (χ1v) is 7.78. The van der Waals surface area contributed by atoms with Gasteiger partial charge in [-0.25, -0.2) is 0 Å². The first-order valence-electron chi connectivity index (χ1n) is 7.78. The van der Waals surface area contributed by atoms with Gasteiger partial charge in [-0.3, -0.25) is 9.59 Å². The zero-order valence-electron chi connectivity index (χ0n) is 13.2. The highest BCUT2D eigenvalue weighted by Crippen LogP contribution is 2.23. The predicted molar refractivity (Wildman–Crippen MR) is 84.8 cm³/mol. The van der Waals surface area contributed by atoms with Crippen LogP contribution in [0.5, 0.6) is 5.75 Å². The summed E-state index contributed by atoms with van der Waals surface area (Å²) in [4.78, 5) is 23.3. The zero-order valence-corrected chi connectivity index (χ0v) is 13.2. The number of carbonyl (C=O) groups excluding carboxylic acids is 2. The zero-order chi connectivity index (χ0) is 16.1. The van der Waals surface area contributed by atoms with E-state index < -0.39 is 5.91 Å². The van der Waals surface area contributed by atoms with E-state index in [2.05, 4.69) is 12.2 Å². The number of hydrogen-bond acceptors (Lipinski definition) is 3. The summed E-state index contributed by atoms with van der Waals surface area (Å²) in [5.41, 5.74) is 6.56. The molecule has 2 amide bonds. The van der Waals surface area contributed by atoms with Crippen LogP contribution in [-0.4, -0.2) is 24.5 Å². The molecule has 1 aliphatic carbocycles. The van der Waals surface area contributed by atoms with E-state index in [0.717, 1.165) is 37.2 Å². The average molecular weight is 304 g/mol. The van der Waals surface area contributed by atoms with Crippen molar-refractivity contribution in [2.45, 2.75) is 45.6 Å². The Morgan fingerprint density at radius 1 is 1.27 bits per heavy atom. The number of nitrogens with one attached hydrogen (secondary N) is 1. The monoisotopic (exact) mass is 304 g/mol. The van der Waals surface area contributed by atoms with Crippen molar-refractivity contribution >= 4 is 11.8 Å². The summed E-state index contributed by atoms with van der Waals surface area (Å²) < 4.78 is 5.49. The lowest BCUT2D eigenvalue weighted by molar-refractivity contribution is -0.124. The predicted octanol–water partition coefficient (Wildman–Crippen LogP) is 2.17. The summed E-state index contributed by atoms with van der Waals surface area (Å²) in [6, 6.07) is 5.36. The molecule has 0 aromatic heterocycles. The molecule has 0 unspecified atom stereocenters. The van der Waals surface area contributed by atoms with E-state index in [4.69, 9.17) is 10.5 Å². The van der Waals surface area contributed by atoms with E-state index in [-0.39, 0.29) is 18.6 Å². The maximum atomic E-state index is 12.0. The number of amides is 2. The van der Waals surface area contributed by atoms with Crippen molar-refractivity contribution in [1.29, 1.82) is 0 Å². The van der Waals surface area contributed by atoms with Crippen molar-refractivity contribution in [2.75, 3.05) is 6.61 Å². The summed E-state index contributed by atoms with van der Waals surface area (Å²) in [6.07, 6.45) is 4.33. The van der Waals surface area contributed by atoms with Gasteiger partial charge in [0, 0.05) is 6.04 Å². The van der Waals surface area contributed by atoms with E-state index >= 15 is 0 Å². The van der Waals surface area contributed by atoms with E-state index in [1.165, 1.54) is 0 Å². The Morgan fingerprint density at radius 2 is 1.95 bits per heavy atom. The van der Waals surface area contributed by atoms with Gasteiger partial charge in [-0.2, -0.15) is 0 Å². The highest BCUT2D eigenvalue weighted by atomic mass is 16.5. The molecule has 2 rings (SSSR count). The van der Waals surface area contributed by atoms with Gasteiger partial charge in [0.2, 0.25) is 0 Å². The number of rotatable bonds is 5. The molecule has 0 atom stereocenters. The lowest BCUT2D eigenvalue weighted by Gasteiger charge is -2.26. The number of nitrogens with two attached hydrogens (primary N) is 1. The van der Waals surface area contributed by atoms with Gasteiger partial charge >= 0.3 is 0 Å². The van der Waals surface area contributed by atoms with Crippen molar-refractivity contribution in [3.05, 3.63) is 29.3 Å². The van der Waals surface area contributed by atoms with Crippen molar-refractivity contribution in [3.8, 4) is 5.75 Å². The van der Waals surface area contributed by atoms with Crippen LogP contribution in [0.1, 0.15) is 48.5 Å². The highest BCUT2D eigenvalue weighted by molar-refractivity contribution is 5.95. The van der Waals surface area contributed by atoms with E-state index in [1.807, 2.05) is 6.92 Å². The van der Waals surface area contributed by atoms with Gasteiger partial charge < -0.3 is 15.8 Å². The van der Waals surface area contributed by atoms with E-state index in [9.17, 15) is 9.59 Å². The summed E-state index contributed by atoms with van der Waals surface area (Å²) in [5.74, 6) is 0.392. The van der Waals surface area contributed by atoms with Crippen LogP contribution in [0.15, 0.2) is 18.2 Å². The van der Waals surface area contributed by atoms with Crippen LogP contribution in [0.25, 0.3) is 0 Å². The first-order chi connectivity index (χ1) is 10.5. The van der Waals surface area contributed by atoms with Gasteiger partial charge in [-0.1, -0.05) is 13.0 Å². The molecule has 5 nitrogen and oxygen atoms in total. The Labute approximate surface area is 131 Å². The number of ether oxygens (including phenoxy) is 1. The molecule has 0 bridgehead atoms. The standard InChI is InChI=1S/C17H24N2O3/c1-11-3-6-13(7-4-11)19-16(20)10-22-15-9-12(2)5-8-14(15)17(18)21/h5,8-9,11,13H,3-4,6-7,10H2,1-2H3,(H2,18,21)(H,19,20). The van der Waals surface area contributed by atoms with Crippen LogP contribution < -0.4 is 15.8 Å². The maximum Gasteiger partial charge on any atom is 0.258 e. The van der Waals surface area contributed by atoms with Gasteiger partial charge in [-0.15, -0.1) is 0 Å². The summed E-state index contributed by atoms with van der Waals surface area (Å²) in [7, 11) is 0. The molecule has 22 heavy (non-hydrogen) atoms. The summed E-state index contributed by atoms with van der Waals surface area (Å²) in [5, 5.41) is 2.99. The molecule has 1 aromatic carbocycles. The first kappa shape index (κ1) is 16.3. The molecule has 0 radical (unpaired) electrons. The summed E-state index contributed by atoms with van der Waals surface area (Å²) >= 11 is 0. The van der Waals surface area contributed by atoms with Gasteiger partial charge in [0.05, 0.1) is 5.56 Å². The minimum Gasteiger partial charge on any atom is -0.483 e. The van der Waals surface area contributed by atoms with Crippen LogP contribution in [-0.2, 0) is 4.79 Å². The molecule has 1 aliphatic rings. The SMILES string of the molecule is Cc1ccc(C(N)=O)c(OCC(=O)NC2CCC(C)CC2)c1. The minimum absolute atomic E-state index is 0.101. The molecule has 0 heterocycles. The molecule has 5 heteroatoms. The number of primary amides is 1. The van der Waals surface area contributed by atoms with Crippen LogP contribution >= 0.6 is 0 Å². The van der Waals surface area contributed by atoms with Gasteiger partial charge in [0.15, 0.2) is 6.61 Å². The van der Waals surface area contributed by atoms with Crippen molar-refractivity contribution in [3.63, 3.8) is 0 Å². The normalized spacial score (nSPS) is 21.2. The average Bonchev–Trinajstić information content (AvgIpc) is 2.47. The van der Waals surface area contributed by atoms with Crippen LogP contribution in [0.2, 0.25) is 0 Å². The molecule has 120 valence electrons. The maximum absolute atomic E-state index is 12.0. The van der Waals surface area contributed by atoms with Crippen molar-refractivity contribution < 1.29 is 14.3 Å². The van der Waals surface area contributed by atoms with Crippen LogP contribution in [0.3, 0.4) is 0 Å². The number of benzene rings is 1. The van der Waals surface area contributed by atoms with Crippen molar-refractivity contribution in [2.24, 2.45) is 11.7 Å². The second-order valence-electron chi connectivity index (χ2n) is 6.18. The Balaban J connectivity index is 1.88. The van der Waals surface area contributed by atoms with Crippen LogP contribution in [0.4, 0.5) is 0 Å². The number of aryl methyl sites for hydroxylation is 1. The third-order valence-electron chi connectivity index (χ3n) is 4.14. The summed E-state index contributed by atoms with van der Waals surface area (Å²) in [6.45, 7) is 4.03. The molecule has 0 saturated heterocycles. The van der Waals surface area contributed by atoms with Crippen molar-refractivity contribution in [1.82, 2.24) is 5.32 Å². The van der Waals surface area contributed by atoms with E-state index in [1.54, 1.807) is 18.2 Å². The second kappa shape index (κ2) is 7.29. The smallest absolute Gasteiger partial charge is 0.258 e. The molecule has 0 aliphatic heterocycles. The lowest BCUT2D eigenvalue weighted by Crippen LogP contribution is -2.40. The van der Waals surface area contributed by atoms with E-state index in [0.29, 0.717) is 11.3 Å². The largest absolute Gasteiger partial charge is 0.483 e. The fraction of sp³-hybridized carbons (Fsp3) is 0.529. The van der Waals surface area contributed by atoms with Gasteiger partial charge in [-0.05, 0) is 56.2 Å². The topological polar surface area (TPSA) is 81.4 Å². The molecule has 1 aromatic rings. The number of carbonyl (C=O) groups is 2. The quantitative estimate of drug-likeness (QED) is 0.874. The third kappa shape index (κ3) is 4.48. The minimum atomic E-state index is -0.559.